The number of rotatable bonds is 4. The van der Waals surface area contributed by atoms with Crippen LogP contribution in [-0.2, 0) is 6.54 Å². The van der Waals surface area contributed by atoms with Gasteiger partial charge in [0.25, 0.3) is 0 Å². The van der Waals surface area contributed by atoms with Gasteiger partial charge in [0.2, 0.25) is 0 Å². The van der Waals surface area contributed by atoms with Crippen molar-refractivity contribution in [1.82, 2.24) is 14.5 Å². The van der Waals surface area contributed by atoms with Gasteiger partial charge in [0.1, 0.15) is 5.75 Å². The lowest BCUT2D eigenvalue weighted by Gasteiger charge is -2.12. The molecule has 0 fully saturated rings. The van der Waals surface area contributed by atoms with Crippen molar-refractivity contribution < 1.29 is 4.74 Å². The lowest BCUT2D eigenvalue weighted by molar-refractivity contribution is 0.242. The van der Waals surface area contributed by atoms with Gasteiger partial charge in [-0.1, -0.05) is 23.9 Å². The van der Waals surface area contributed by atoms with Crippen LogP contribution in [0.15, 0.2) is 53.9 Å². The first-order valence-electron chi connectivity index (χ1n) is 8.13. The summed E-state index contributed by atoms with van der Waals surface area (Å²) in [5.74, 6) is 1.96. The molecule has 0 unspecified atom stereocenters. The number of hydrogen-bond donors (Lipinski definition) is 0. The third kappa shape index (κ3) is 2.80. The van der Waals surface area contributed by atoms with Crippen LogP contribution >= 0.6 is 11.8 Å². The Kier molecular flexibility index (Phi) is 4.02. The fourth-order valence-electron chi connectivity index (χ4n) is 2.97. The SMILES string of the molecule is CC(C)Oc1cccc(-c2nc3n(c2-c2ccncc2)CCS3)c1. The number of pyridine rings is 1. The molecule has 0 saturated carbocycles. The molecule has 1 aliphatic heterocycles. The van der Waals surface area contributed by atoms with Gasteiger partial charge in [-0.2, -0.15) is 0 Å². The zero-order valence-corrected chi connectivity index (χ0v) is 14.6. The van der Waals surface area contributed by atoms with Crippen LogP contribution in [0.25, 0.3) is 22.5 Å². The van der Waals surface area contributed by atoms with E-state index in [9.17, 15) is 0 Å². The van der Waals surface area contributed by atoms with E-state index in [1.807, 2.05) is 62.3 Å². The lowest BCUT2D eigenvalue weighted by Crippen LogP contribution is -2.05. The molecule has 4 rings (SSSR count). The molecular formula is C19H19N3OS. The van der Waals surface area contributed by atoms with Crippen molar-refractivity contribution >= 4 is 11.8 Å². The highest BCUT2D eigenvalue weighted by Gasteiger charge is 2.23. The van der Waals surface area contributed by atoms with Gasteiger partial charge in [-0.15, -0.1) is 0 Å². The average molecular weight is 337 g/mol. The minimum Gasteiger partial charge on any atom is -0.491 e. The summed E-state index contributed by atoms with van der Waals surface area (Å²) < 4.78 is 8.16. The summed E-state index contributed by atoms with van der Waals surface area (Å²) in [6.07, 6.45) is 3.82. The second-order valence-corrected chi connectivity index (χ2v) is 7.08. The van der Waals surface area contributed by atoms with E-state index in [-0.39, 0.29) is 6.10 Å². The number of thioether (sulfide) groups is 1. The van der Waals surface area contributed by atoms with Crippen LogP contribution in [0.1, 0.15) is 13.8 Å². The fourth-order valence-corrected chi connectivity index (χ4v) is 3.92. The van der Waals surface area contributed by atoms with Gasteiger partial charge in [0.05, 0.1) is 17.5 Å². The molecule has 3 aromatic rings. The highest BCUT2D eigenvalue weighted by atomic mass is 32.2. The molecule has 0 N–H and O–H groups in total. The molecule has 0 spiro atoms. The number of benzene rings is 1. The number of aromatic nitrogens is 3. The summed E-state index contributed by atoms with van der Waals surface area (Å²) in [6, 6.07) is 12.3. The monoisotopic (exact) mass is 337 g/mol. The maximum atomic E-state index is 5.85. The second-order valence-electron chi connectivity index (χ2n) is 6.02. The Morgan fingerprint density at radius 3 is 2.75 bits per heavy atom. The van der Waals surface area contributed by atoms with Crippen molar-refractivity contribution in [3.63, 3.8) is 0 Å². The highest BCUT2D eigenvalue weighted by Crippen LogP contribution is 2.39. The number of hydrogen-bond acceptors (Lipinski definition) is 4. The molecule has 2 aromatic heterocycles. The van der Waals surface area contributed by atoms with Crippen LogP contribution in [0, 0.1) is 0 Å². The zero-order chi connectivity index (χ0) is 16.5. The molecule has 0 saturated heterocycles. The Balaban J connectivity index is 1.85. The van der Waals surface area contributed by atoms with E-state index in [2.05, 4.69) is 21.7 Å². The number of ether oxygens (including phenoxy) is 1. The largest absolute Gasteiger partial charge is 0.491 e. The normalized spacial score (nSPS) is 13.3. The van der Waals surface area contributed by atoms with E-state index in [4.69, 9.17) is 9.72 Å². The van der Waals surface area contributed by atoms with Crippen molar-refractivity contribution in [3.8, 4) is 28.3 Å². The van der Waals surface area contributed by atoms with Crippen LogP contribution in [0.2, 0.25) is 0 Å². The quantitative estimate of drug-likeness (QED) is 0.702. The molecule has 5 heteroatoms. The van der Waals surface area contributed by atoms with E-state index in [1.165, 1.54) is 5.69 Å². The Labute approximate surface area is 145 Å². The first-order chi connectivity index (χ1) is 11.7. The topological polar surface area (TPSA) is 39.9 Å². The third-order valence-electron chi connectivity index (χ3n) is 3.91. The molecule has 1 aromatic carbocycles. The van der Waals surface area contributed by atoms with Crippen molar-refractivity contribution in [2.24, 2.45) is 0 Å². The van der Waals surface area contributed by atoms with Crippen molar-refractivity contribution in [2.45, 2.75) is 31.7 Å². The van der Waals surface area contributed by atoms with Gasteiger partial charge in [-0.25, -0.2) is 4.98 Å². The van der Waals surface area contributed by atoms with Crippen LogP contribution in [0.4, 0.5) is 0 Å². The molecule has 24 heavy (non-hydrogen) atoms. The maximum Gasteiger partial charge on any atom is 0.169 e. The zero-order valence-electron chi connectivity index (χ0n) is 13.8. The van der Waals surface area contributed by atoms with Gasteiger partial charge in [0, 0.05) is 35.8 Å². The molecule has 4 nitrogen and oxygen atoms in total. The number of imidazole rings is 1. The first-order valence-corrected chi connectivity index (χ1v) is 9.12. The summed E-state index contributed by atoms with van der Waals surface area (Å²) in [5, 5.41) is 1.09. The van der Waals surface area contributed by atoms with Crippen LogP contribution in [0.3, 0.4) is 0 Å². The Morgan fingerprint density at radius 2 is 1.96 bits per heavy atom. The predicted molar refractivity (Wildman–Crippen MR) is 97.4 cm³/mol. The molecule has 0 bridgehead atoms. The Bertz CT molecular complexity index is 858. The molecule has 122 valence electrons. The fraction of sp³-hybridized carbons (Fsp3) is 0.263. The first kappa shape index (κ1) is 15.3. The molecule has 0 radical (unpaired) electrons. The number of nitrogens with zero attached hydrogens (tertiary/aromatic N) is 3. The Hall–Kier alpha value is -2.27. The summed E-state index contributed by atoms with van der Waals surface area (Å²) >= 11 is 1.81. The van der Waals surface area contributed by atoms with Gasteiger partial charge < -0.3 is 9.30 Å². The minimum absolute atomic E-state index is 0.155. The van der Waals surface area contributed by atoms with Gasteiger partial charge in [0.15, 0.2) is 5.16 Å². The van der Waals surface area contributed by atoms with Gasteiger partial charge in [-0.05, 0) is 38.1 Å². The smallest absolute Gasteiger partial charge is 0.169 e. The highest BCUT2D eigenvalue weighted by molar-refractivity contribution is 7.99. The second kappa shape index (κ2) is 6.32. The Morgan fingerprint density at radius 1 is 1.12 bits per heavy atom. The molecule has 0 atom stereocenters. The van der Waals surface area contributed by atoms with E-state index < -0.39 is 0 Å². The van der Waals surface area contributed by atoms with Gasteiger partial charge in [-0.3, -0.25) is 4.98 Å². The predicted octanol–water partition coefficient (Wildman–Crippen LogP) is 4.51. The summed E-state index contributed by atoms with van der Waals surface area (Å²) in [4.78, 5) is 9.05. The molecule has 3 heterocycles. The molecule has 0 aliphatic carbocycles. The van der Waals surface area contributed by atoms with E-state index in [0.29, 0.717) is 0 Å². The molecule has 0 amide bonds. The van der Waals surface area contributed by atoms with Crippen molar-refractivity contribution in [3.05, 3.63) is 48.8 Å². The maximum absolute atomic E-state index is 5.85. The van der Waals surface area contributed by atoms with E-state index in [1.54, 1.807) is 0 Å². The van der Waals surface area contributed by atoms with Crippen LogP contribution in [-0.4, -0.2) is 26.4 Å². The van der Waals surface area contributed by atoms with Crippen LogP contribution in [0.5, 0.6) is 5.75 Å². The van der Waals surface area contributed by atoms with Crippen molar-refractivity contribution in [2.75, 3.05) is 5.75 Å². The van der Waals surface area contributed by atoms with Gasteiger partial charge >= 0.3 is 0 Å². The van der Waals surface area contributed by atoms with E-state index in [0.717, 1.165) is 40.0 Å². The van der Waals surface area contributed by atoms with E-state index >= 15 is 0 Å². The third-order valence-corrected chi connectivity index (χ3v) is 4.87. The number of fused-ring (bicyclic) bond motifs is 1. The van der Waals surface area contributed by atoms with Crippen LogP contribution < -0.4 is 4.74 Å². The molecule has 1 aliphatic rings. The molecular weight excluding hydrogens is 318 g/mol. The van der Waals surface area contributed by atoms with Crippen molar-refractivity contribution in [1.29, 1.82) is 0 Å². The summed E-state index contributed by atoms with van der Waals surface area (Å²) in [5.41, 5.74) is 4.41. The summed E-state index contributed by atoms with van der Waals surface area (Å²) in [6.45, 7) is 5.07. The average Bonchev–Trinajstić information content (AvgIpc) is 3.16. The summed E-state index contributed by atoms with van der Waals surface area (Å²) in [7, 11) is 0. The standard InChI is InChI=1S/C19H19N3OS/c1-13(2)23-16-5-3-4-15(12-16)17-18(14-6-8-20-9-7-14)22-10-11-24-19(22)21-17/h3-9,12-13H,10-11H2,1-2H3. The lowest BCUT2D eigenvalue weighted by atomic mass is 10.1. The minimum atomic E-state index is 0.155.